The van der Waals surface area contributed by atoms with Gasteiger partial charge in [0.1, 0.15) is 0 Å². The van der Waals surface area contributed by atoms with Gasteiger partial charge in [-0.15, -0.1) is 0 Å². The Labute approximate surface area is 146 Å². The fraction of sp³-hybridized carbons (Fsp3) is 0.333. The molecule has 5 nitrogen and oxygen atoms in total. The molecule has 0 radical (unpaired) electrons. The monoisotopic (exact) mass is 345 g/mol. The molecule has 6 heteroatoms. The van der Waals surface area contributed by atoms with E-state index in [0.717, 1.165) is 23.4 Å². The Kier molecular flexibility index (Phi) is 5.02. The van der Waals surface area contributed by atoms with Crippen LogP contribution in [-0.2, 0) is 10.2 Å². The minimum absolute atomic E-state index is 0.144. The van der Waals surface area contributed by atoms with E-state index in [2.05, 4.69) is 16.4 Å². The minimum Gasteiger partial charge on any atom is -0.383 e. The number of hydrogen-bond acceptors (Lipinski definition) is 4. The lowest BCUT2D eigenvalue weighted by molar-refractivity contribution is 0.0544. The quantitative estimate of drug-likeness (QED) is 0.873. The van der Waals surface area contributed by atoms with Crippen LogP contribution < -0.4 is 11.1 Å². The molecule has 1 saturated heterocycles. The Morgan fingerprint density at radius 3 is 2.75 bits per heavy atom. The zero-order valence-corrected chi connectivity index (χ0v) is 14.1. The van der Waals surface area contributed by atoms with Crippen LogP contribution in [0.25, 0.3) is 0 Å². The van der Waals surface area contributed by atoms with Gasteiger partial charge in [0.2, 0.25) is 0 Å². The zero-order valence-electron chi connectivity index (χ0n) is 13.3. The van der Waals surface area contributed by atoms with E-state index in [1.807, 2.05) is 18.2 Å². The molecule has 2 heterocycles. The van der Waals surface area contributed by atoms with Crippen LogP contribution in [0.4, 0.5) is 5.69 Å². The number of nitrogens with one attached hydrogen (secondary N) is 1. The number of carbonyl (C=O) groups is 1. The molecule has 1 aromatic carbocycles. The molecular formula is C18H20ClN3O2. The van der Waals surface area contributed by atoms with Crippen LogP contribution in [0, 0.1) is 0 Å². The van der Waals surface area contributed by atoms with Crippen LogP contribution in [0.15, 0.2) is 42.7 Å². The largest absolute Gasteiger partial charge is 0.383 e. The molecule has 0 atom stereocenters. The molecule has 1 amide bonds. The van der Waals surface area contributed by atoms with E-state index in [9.17, 15) is 4.79 Å². The lowest BCUT2D eigenvalue weighted by atomic mass is 9.74. The second-order valence-electron chi connectivity index (χ2n) is 6.01. The van der Waals surface area contributed by atoms with E-state index in [0.29, 0.717) is 31.0 Å². The molecule has 1 aliphatic heterocycles. The standard InChI is InChI=1S/C18H20ClN3O2/c19-15-4-2-1-3-14(15)18(6-9-24-10-7-18)12-22-16-5-8-21-11-13(16)17(20)23/h1-5,8,11H,6-7,9-10,12H2,(H2,20,23)(H,21,22). The van der Waals surface area contributed by atoms with Gasteiger partial charge in [-0.25, -0.2) is 0 Å². The molecular weight excluding hydrogens is 326 g/mol. The number of carbonyl (C=O) groups excluding carboxylic acids is 1. The summed E-state index contributed by atoms with van der Waals surface area (Å²) in [4.78, 5) is 15.5. The number of amides is 1. The molecule has 0 unspecified atom stereocenters. The Hall–Kier alpha value is -2.11. The van der Waals surface area contributed by atoms with Crippen molar-refractivity contribution in [2.75, 3.05) is 25.1 Å². The molecule has 0 aliphatic carbocycles. The van der Waals surface area contributed by atoms with Crippen molar-refractivity contribution >= 4 is 23.2 Å². The van der Waals surface area contributed by atoms with E-state index >= 15 is 0 Å². The van der Waals surface area contributed by atoms with Gasteiger partial charge in [-0.2, -0.15) is 0 Å². The van der Waals surface area contributed by atoms with Gasteiger partial charge in [0.25, 0.3) is 5.91 Å². The third-order valence-corrected chi connectivity index (χ3v) is 4.93. The van der Waals surface area contributed by atoms with Crippen molar-refractivity contribution in [3.8, 4) is 0 Å². The normalized spacial score (nSPS) is 16.5. The molecule has 3 N–H and O–H groups in total. The number of nitrogens with two attached hydrogens (primary N) is 1. The lowest BCUT2D eigenvalue weighted by Crippen LogP contribution is -2.40. The number of anilines is 1. The average Bonchev–Trinajstić information content (AvgIpc) is 2.61. The summed E-state index contributed by atoms with van der Waals surface area (Å²) in [5, 5.41) is 4.13. The van der Waals surface area contributed by atoms with Crippen molar-refractivity contribution in [1.82, 2.24) is 4.98 Å². The van der Waals surface area contributed by atoms with E-state index < -0.39 is 5.91 Å². The van der Waals surface area contributed by atoms with E-state index in [-0.39, 0.29) is 5.41 Å². The van der Waals surface area contributed by atoms with Gasteiger partial charge in [-0.3, -0.25) is 9.78 Å². The lowest BCUT2D eigenvalue weighted by Gasteiger charge is -2.38. The number of hydrogen-bond donors (Lipinski definition) is 2. The van der Waals surface area contributed by atoms with Crippen molar-refractivity contribution in [2.24, 2.45) is 5.73 Å². The molecule has 0 bridgehead atoms. The maximum Gasteiger partial charge on any atom is 0.252 e. The van der Waals surface area contributed by atoms with Crippen LogP contribution in [-0.4, -0.2) is 30.6 Å². The van der Waals surface area contributed by atoms with Gasteiger partial charge in [0.05, 0.1) is 11.3 Å². The first-order valence-corrected chi connectivity index (χ1v) is 8.31. The molecule has 0 spiro atoms. The summed E-state index contributed by atoms with van der Waals surface area (Å²) in [7, 11) is 0. The number of primary amides is 1. The topological polar surface area (TPSA) is 77.2 Å². The number of rotatable bonds is 5. The summed E-state index contributed by atoms with van der Waals surface area (Å²) in [5.74, 6) is -0.496. The van der Waals surface area contributed by atoms with Gasteiger partial charge in [-0.05, 0) is 30.5 Å². The number of nitrogens with zero attached hydrogens (tertiary/aromatic N) is 1. The van der Waals surface area contributed by atoms with Crippen LogP contribution in [0.2, 0.25) is 5.02 Å². The summed E-state index contributed by atoms with van der Waals surface area (Å²) in [6, 6.07) is 9.67. The van der Waals surface area contributed by atoms with Gasteiger partial charge >= 0.3 is 0 Å². The predicted octanol–water partition coefficient (Wildman–Crippen LogP) is 2.99. The second-order valence-corrected chi connectivity index (χ2v) is 6.42. The van der Waals surface area contributed by atoms with Crippen molar-refractivity contribution in [3.05, 3.63) is 58.9 Å². The Bertz CT molecular complexity index is 730. The van der Waals surface area contributed by atoms with Crippen LogP contribution in [0.1, 0.15) is 28.8 Å². The average molecular weight is 346 g/mol. The highest BCUT2D eigenvalue weighted by Crippen LogP contribution is 2.38. The number of benzene rings is 1. The van der Waals surface area contributed by atoms with Gasteiger partial charge in [0.15, 0.2) is 0 Å². The summed E-state index contributed by atoms with van der Waals surface area (Å²) >= 11 is 6.46. The number of pyridine rings is 1. The maximum atomic E-state index is 11.6. The molecule has 1 aromatic heterocycles. The Morgan fingerprint density at radius 1 is 1.29 bits per heavy atom. The van der Waals surface area contributed by atoms with E-state index in [4.69, 9.17) is 22.1 Å². The number of ether oxygens (including phenoxy) is 1. The summed E-state index contributed by atoms with van der Waals surface area (Å²) < 4.78 is 5.55. The fourth-order valence-electron chi connectivity index (χ4n) is 3.20. The first kappa shape index (κ1) is 16.7. The molecule has 126 valence electrons. The fourth-order valence-corrected chi connectivity index (χ4v) is 3.54. The SMILES string of the molecule is NC(=O)c1cnccc1NCC1(c2ccccc2Cl)CCOCC1. The van der Waals surface area contributed by atoms with Crippen molar-refractivity contribution in [1.29, 1.82) is 0 Å². The Balaban J connectivity index is 1.89. The molecule has 1 fully saturated rings. The van der Waals surface area contributed by atoms with Gasteiger partial charge < -0.3 is 15.8 Å². The zero-order chi connectivity index (χ0) is 17.0. The molecule has 0 saturated carbocycles. The highest BCUT2D eigenvalue weighted by atomic mass is 35.5. The number of halogens is 1. The first-order valence-electron chi connectivity index (χ1n) is 7.93. The van der Waals surface area contributed by atoms with E-state index in [1.165, 1.54) is 6.20 Å². The van der Waals surface area contributed by atoms with Crippen molar-refractivity contribution in [3.63, 3.8) is 0 Å². The molecule has 2 aromatic rings. The highest BCUT2D eigenvalue weighted by Gasteiger charge is 2.36. The van der Waals surface area contributed by atoms with Gasteiger partial charge in [-0.1, -0.05) is 29.8 Å². The third-order valence-electron chi connectivity index (χ3n) is 4.60. The molecule has 24 heavy (non-hydrogen) atoms. The van der Waals surface area contributed by atoms with Crippen LogP contribution >= 0.6 is 11.6 Å². The smallest absolute Gasteiger partial charge is 0.252 e. The van der Waals surface area contributed by atoms with Crippen LogP contribution in [0.5, 0.6) is 0 Å². The summed E-state index contributed by atoms with van der Waals surface area (Å²) in [6.07, 6.45) is 4.85. The minimum atomic E-state index is -0.496. The molecule has 3 rings (SSSR count). The maximum absolute atomic E-state index is 11.6. The third kappa shape index (κ3) is 3.37. The molecule has 1 aliphatic rings. The van der Waals surface area contributed by atoms with Crippen LogP contribution in [0.3, 0.4) is 0 Å². The Morgan fingerprint density at radius 2 is 2.04 bits per heavy atom. The highest BCUT2D eigenvalue weighted by molar-refractivity contribution is 6.31. The van der Waals surface area contributed by atoms with Crippen molar-refractivity contribution < 1.29 is 9.53 Å². The van der Waals surface area contributed by atoms with Crippen molar-refractivity contribution in [2.45, 2.75) is 18.3 Å². The predicted molar refractivity (Wildman–Crippen MR) is 94.4 cm³/mol. The van der Waals surface area contributed by atoms with Gasteiger partial charge in [0, 0.05) is 42.6 Å². The van der Waals surface area contributed by atoms with E-state index in [1.54, 1.807) is 12.3 Å². The number of aromatic nitrogens is 1. The summed E-state index contributed by atoms with van der Waals surface area (Å²) in [6.45, 7) is 2.02. The first-order chi connectivity index (χ1) is 11.6. The summed E-state index contributed by atoms with van der Waals surface area (Å²) in [5.41, 5.74) is 7.47. The second kappa shape index (κ2) is 7.20.